The monoisotopic (exact) mass is 396 g/mol. The molecular weight excluding hydrogens is 372 g/mol. The van der Waals surface area contributed by atoms with E-state index in [1.54, 1.807) is 25.3 Å². The van der Waals surface area contributed by atoms with Crippen molar-refractivity contribution in [3.05, 3.63) is 58.9 Å². The molecule has 3 aromatic rings. The predicted octanol–water partition coefficient (Wildman–Crippen LogP) is 2.73. The number of nitrogens with zero attached hydrogens (tertiary/aromatic N) is 2. The maximum Gasteiger partial charge on any atom is 0.262 e. The lowest BCUT2D eigenvalue weighted by atomic mass is 10.2. The van der Waals surface area contributed by atoms with Crippen molar-refractivity contribution in [3.8, 4) is 11.5 Å². The summed E-state index contributed by atoms with van der Waals surface area (Å²) in [4.78, 5) is 29.1. The standard InChI is InChI=1S/C21H24N4O4/c1-3-25-20(27)17-7-4-5-8-18(17)22-21(25)24-23-19(26)9-6-14-29-16-12-10-15(28-2)11-13-16/h4-5,7-8,10-13H,3,6,9,14H2,1-2H3,(H,22,24)(H,23,26). The average molecular weight is 396 g/mol. The third kappa shape index (κ3) is 5.04. The van der Waals surface area contributed by atoms with Crippen molar-refractivity contribution in [2.75, 3.05) is 19.1 Å². The quantitative estimate of drug-likeness (QED) is 0.427. The summed E-state index contributed by atoms with van der Waals surface area (Å²) in [6.07, 6.45) is 0.818. The van der Waals surface area contributed by atoms with E-state index >= 15 is 0 Å². The van der Waals surface area contributed by atoms with Crippen molar-refractivity contribution < 1.29 is 14.3 Å². The molecule has 0 bridgehead atoms. The maximum absolute atomic E-state index is 12.6. The molecule has 152 valence electrons. The third-order valence-electron chi connectivity index (χ3n) is 4.37. The number of anilines is 1. The molecule has 0 aliphatic heterocycles. The summed E-state index contributed by atoms with van der Waals surface area (Å²) in [5.41, 5.74) is 5.79. The number of aromatic nitrogens is 2. The SMILES string of the molecule is CCn1c(NNC(=O)CCCOc2ccc(OC)cc2)nc2ccccc2c1=O. The zero-order valence-corrected chi connectivity index (χ0v) is 16.5. The zero-order valence-electron chi connectivity index (χ0n) is 16.5. The third-order valence-corrected chi connectivity index (χ3v) is 4.37. The molecule has 29 heavy (non-hydrogen) atoms. The molecule has 0 radical (unpaired) electrons. The fourth-order valence-corrected chi connectivity index (χ4v) is 2.84. The summed E-state index contributed by atoms with van der Waals surface area (Å²) >= 11 is 0. The lowest BCUT2D eigenvalue weighted by Gasteiger charge is -2.14. The number of benzene rings is 2. The molecule has 1 amide bonds. The average Bonchev–Trinajstić information content (AvgIpc) is 2.76. The number of amides is 1. The number of hydrogen-bond donors (Lipinski definition) is 2. The molecule has 0 saturated heterocycles. The highest BCUT2D eigenvalue weighted by atomic mass is 16.5. The minimum absolute atomic E-state index is 0.150. The van der Waals surface area contributed by atoms with Crippen LogP contribution in [0.2, 0.25) is 0 Å². The van der Waals surface area contributed by atoms with Crippen molar-refractivity contribution in [1.29, 1.82) is 0 Å². The molecule has 0 unspecified atom stereocenters. The van der Waals surface area contributed by atoms with E-state index in [1.807, 2.05) is 37.3 Å². The van der Waals surface area contributed by atoms with Crippen LogP contribution in [0.5, 0.6) is 11.5 Å². The molecule has 2 aromatic carbocycles. The molecule has 1 aromatic heterocycles. The zero-order chi connectivity index (χ0) is 20.6. The Morgan fingerprint density at radius 3 is 2.55 bits per heavy atom. The second kappa shape index (κ2) is 9.59. The molecule has 0 spiro atoms. The number of carbonyl (C=O) groups is 1. The van der Waals surface area contributed by atoms with Gasteiger partial charge in [-0.15, -0.1) is 0 Å². The fourth-order valence-electron chi connectivity index (χ4n) is 2.84. The van der Waals surface area contributed by atoms with E-state index in [0.29, 0.717) is 36.4 Å². The van der Waals surface area contributed by atoms with Crippen LogP contribution < -0.4 is 25.9 Å². The van der Waals surface area contributed by atoms with Crippen LogP contribution in [0.3, 0.4) is 0 Å². The Morgan fingerprint density at radius 1 is 1.10 bits per heavy atom. The van der Waals surface area contributed by atoms with Crippen LogP contribution in [-0.4, -0.2) is 29.2 Å². The summed E-state index contributed by atoms with van der Waals surface area (Å²) in [6.45, 7) is 2.69. The summed E-state index contributed by atoms with van der Waals surface area (Å²) in [7, 11) is 1.61. The Kier molecular flexibility index (Phi) is 6.67. The van der Waals surface area contributed by atoms with Gasteiger partial charge in [0.15, 0.2) is 0 Å². The summed E-state index contributed by atoms with van der Waals surface area (Å²) < 4.78 is 12.2. The number of methoxy groups -OCH3 is 1. The van der Waals surface area contributed by atoms with Gasteiger partial charge in [0, 0.05) is 13.0 Å². The number of hydrazine groups is 1. The minimum Gasteiger partial charge on any atom is -0.497 e. The number of carbonyl (C=O) groups excluding carboxylic acids is 1. The van der Waals surface area contributed by atoms with Crippen molar-refractivity contribution in [2.45, 2.75) is 26.3 Å². The van der Waals surface area contributed by atoms with Gasteiger partial charge in [0.2, 0.25) is 11.9 Å². The highest BCUT2D eigenvalue weighted by Gasteiger charge is 2.10. The molecule has 0 aliphatic carbocycles. The van der Waals surface area contributed by atoms with E-state index < -0.39 is 0 Å². The first kappa shape index (κ1) is 20.2. The van der Waals surface area contributed by atoms with E-state index in [9.17, 15) is 9.59 Å². The molecule has 8 heteroatoms. The Morgan fingerprint density at radius 2 is 1.83 bits per heavy atom. The normalized spacial score (nSPS) is 10.6. The van der Waals surface area contributed by atoms with E-state index in [4.69, 9.17) is 9.47 Å². The maximum atomic E-state index is 12.6. The van der Waals surface area contributed by atoms with E-state index in [-0.39, 0.29) is 17.9 Å². The molecule has 0 saturated carbocycles. The minimum atomic E-state index is -0.214. The van der Waals surface area contributed by atoms with Crippen LogP contribution in [0.15, 0.2) is 53.3 Å². The van der Waals surface area contributed by atoms with E-state index in [0.717, 1.165) is 11.5 Å². The number of rotatable bonds is 9. The van der Waals surface area contributed by atoms with Crippen molar-refractivity contribution in [1.82, 2.24) is 15.0 Å². The highest BCUT2D eigenvalue weighted by molar-refractivity contribution is 5.79. The van der Waals surface area contributed by atoms with Gasteiger partial charge in [-0.3, -0.25) is 25.0 Å². The summed E-state index contributed by atoms with van der Waals surface area (Å²) in [6, 6.07) is 14.4. The summed E-state index contributed by atoms with van der Waals surface area (Å²) in [5.74, 6) is 1.57. The lowest BCUT2D eigenvalue weighted by molar-refractivity contribution is -0.120. The Bertz CT molecular complexity index is 1030. The first-order valence-electron chi connectivity index (χ1n) is 9.43. The molecule has 0 fully saturated rings. The predicted molar refractivity (Wildman–Crippen MR) is 111 cm³/mol. The van der Waals surface area contributed by atoms with Gasteiger partial charge in [-0.05, 0) is 49.7 Å². The first-order valence-corrected chi connectivity index (χ1v) is 9.43. The van der Waals surface area contributed by atoms with Crippen molar-refractivity contribution in [2.24, 2.45) is 0 Å². The second-order valence-electron chi connectivity index (χ2n) is 6.30. The van der Waals surface area contributed by atoms with Gasteiger partial charge in [-0.1, -0.05) is 12.1 Å². The van der Waals surface area contributed by atoms with Gasteiger partial charge in [0.05, 0.1) is 24.6 Å². The fraction of sp³-hybridized carbons (Fsp3) is 0.286. The Balaban J connectivity index is 1.50. The molecule has 3 rings (SSSR count). The number of para-hydroxylation sites is 1. The highest BCUT2D eigenvalue weighted by Crippen LogP contribution is 2.17. The van der Waals surface area contributed by atoms with Gasteiger partial charge in [-0.2, -0.15) is 0 Å². The van der Waals surface area contributed by atoms with Crippen LogP contribution in [0.4, 0.5) is 5.95 Å². The van der Waals surface area contributed by atoms with Crippen LogP contribution in [0.1, 0.15) is 19.8 Å². The van der Waals surface area contributed by atoms with Gasteiger partial charge >= 0.3 is 0 Å². The molecule has 1 heterocycles. The number of fused-ring (bicyclic) bond motifs is 1. The van der Waals surface area contributed by atoms with Crippen LogP contribution >= 0.6 is 0 Å². The van der Waals surface area contributed by atoms with Crippen LogP contribution in [-0.2, 0) is 11.3 Å². The van der Waals surface area contributed by atoms with Crippen LogP contribution in [0.25, 0.3) is 10.9 Å². The van der Waals surface area contributed by atoms with Gasteiger partial charge in [0.1, 0.15) is 11.5 Å². The largest absolute Gasteiger partial charge is 0.497 e. The van der Waals surface area contributed by atoms with Crippen molar-refractivity contribution in [3.63, 3.8) is 0 Å². The molecule has 0 aliphatic rings. The van der Waals surface area contributed by atoms with E-state index in [2.05, 4.69) is 15.8 Å². The number of hydrogen-bond acceptors (Lipinski definition) is 6. The second-order valence-corrected chi connectivity index (χ2v) is 6.30. The first-order chi connectivity index (χ1) is 14.1. The molecular formula is C21H24N4O4. The number of ether oxygens (including phenoxy) is 2. The Labute approximate surface area is 168 Å². The van der Waals surface area contributed by atoms with Gasteiger partial charge in [-0.25, -0.2) is 4.98 Å². The van der Waals surface area contributed by atoms with E-state index in [1.165, 1.54) is 4.57 Å². The number of nitrogens with one attached hydrogen (secondary N) is 2. The smallest absolute Gasteiger partial charge is 0.262 e. The molecule has 0 atom stereocenters. The topological polar surface area (TPSA) is 94.5 Å². The Hall–Kier alpha value is -3.55. The van der Waals surface area contributed by atoms with Gasteiger partial charge < -0.3 is 9.47 Å². The van der Waals surface area contributed by atoms with Crippen molar-refractivity contribution >= 4 is 22.8 Å². The lowest BCUT2D eigenvalue weighted by Crippen LogP contribution is -2.34. The van der Waals surface area contributed by atoms with Gasteiger partial charge in [0.25, 0.3) is 5.56 Å². The molecule has 8 nitrogen and oxygen atoms in total. The molecule has 2 N–H and O–H groups in total. The van der Waals surface area contributed by atoms with Crippen LogP contribution in [0, 0.1) is 0 Å². The summed E-state index contributed by atoms with van der Waals surface area (Å²) in [5, 5.41) is 0.543.